The molecule has 0 heterocycles. The smallest absolute Gasteiger partial charge is 0.408 e. The first-order valence-electron chi connectivity index (χ1n) is 13.7. The van der Waals surface area contributed by atoms with Gasteiger partial charge in [-0.25, -0.2) is 4.79 Å². The summed E-state index contributed by atoms with van der Waals surface area (Å²) in [4.78, 5) is 42.7. The van der Waals surface area contributed by atoms with Crippen LogP contribution in [0.15, 0.2) is 72.8 Å². The molecular formula is C32H39N3O4. The Morgan fingerprint density at radius 2 is 1.54 bits per heavy atom. The van der Waals surface area contributed by atoms with E-state index in [9.17, 15) is 14.4 Å². The van der Waals surface area contributed by atoms with Crippen LogP contribution in [-0.4, -0.2) is 40.5 Å². The molecule has 0 aliphatic heterocycles. The quantitative estimate of drug-likeness (QED) is 0.351. The molecule has 2 unspecified atom stereocenters. The fraction of sp³-hybridized carbons (Fsp3) is 0.406. The number of fused-ring (bicyclic) bond motifs is 1. The third-order valence-corrected chi connectivity index (χ3v) is 6.99. The van der Waals surface area contributed by atoms with Crippen molar-refractivity contribution in [1.29, 1.82) is 0 Å². The number of hydrogen-bond donors (Lipinski definition) is 2. The van der Waals surface area contributed by atoms with Crippen LogP contribution in [-0.2, 0) is 14.3 Å². The first-order chi connectivity index (χ1) is 18.5. The van der Waals surface area contributed by atoms with Crippen LogP contribution in [0.1, 0.15) is 65.5 Å². The summed E-state index contributed by atoms with van der Waals surface area (Å²) in [7, 11) is 0. The van der Waals surface area contributed by atoms with E-state index in [0.717, 1.165) is 35.6 Å². The van der Waals surface area contributed by atoms with Crippen molar-refractivity contribution in [1.82, 2.24) is 10.2 Å². The normalized spacial score (nSPS) is 15.2. The Hall–Kier alpha value is -3.87. The van der Waals surface area contributed by atoms with Crippen LogP contribution < -0.4 is 10.6 Å². The number of nitrogens with zero attached hydrogens (tertiary/aromatic N) is 1. The molecule has 1 fully saturated rings. The van der Waals surface area contributed by atoms with Crippen molar-refractivity contribution in [3.63, 3.8) is 0 Å². The number of anilines is 1. The number of rotatable bonds is 8. The lowest BCUT2D eigenvalue weighted by atomic mass is 9.87. The average Bonchev–Trinajstić information content (AvgIpc) is 2.85. The molecule has 206 valence electrons. The van der Waals surface area contributed by atoms with Crippen LogP contribution in [0.25, 0.3) is 10.8 Å². The number of benzene rings is 3. The van der Waals surface area contributed by atoms with Crippen molar-refractivity contribution in [3.05, 3.63) is 78.4 Å². The zero-order valence-corrected chi connectivity index (χ0v) is 23.4. The summed E-state index contributed by atoms with van der Waals surface area (Å²) < 4.78 is 5.46. The summed E-state index contributed by atoms with van der Waals surface area (Å²) in [6, 6.07) is 21.3. The zero-order valence-electron chi connectivity index (χ0n) is 23.4. The maximum absolute atomic E-state index is 14.2. The molecule has 2 atom stereocenters. The highest BCUT2D eigenvalue weighted by Crippen LogP contribution is 2.35. The minimum Gasteiger partial charge on any atom is -0.444 e. The number of nitrogens with one attached hydrogen (secondary N) is 2. The number of alkyl carbamates (subject to hydrolysis) is 1. The lowest BCUT2D eigenvalue weighted by Crippen LogP contribution is -2.58. The van der Waals surface area contributed by atoms with Crippen LogP contribution in [0.5, 0.6) is 0 Å². The lowest BCUT2D eigenvalue weighted by molar-refractivity contribution is -0.146. The van der Waals surface area contributed by atoms with Gasteiger partial charge in [-0.05, 0) is 74.4 Å². The molecule has 1 aliphatic carbocycles. The molecule has 2 N–H and O–H groups in total. The first kappa shape index (κ1) is 28.1. The van der Waals surface area contributed by atoms with Gasteiger partial charge in [-0.1, -0.05) is 74.5 Å². The van der Waals surface area contributed by atoms with Gasteiger partial charge in [-0.15, -0.1) is 0 Å². The molecule has 3 aromatic carbocycles. The Bertz CT molecular complexity index is 1310. The van der Waals surface area contributed by atoms with Gasteiger partial charge < -0.3 is 20.3 Å². The predicted octanol–water partition coefficient (Wildman–Crippen LogP) is 6.45. The second kappa shape index (κ2) is 11.9. The van der Waals surface area contributed by atoms with E-state index in [4.69, 9.17) is 4.74 Å². The van der Waals surface area contributed by atoms with Crippen molar-refractivity contribution < 1.29 is 19.1 Å². The van der Waals surface area contributed by atoms with E-state index < -0.39 is 23.8 Å². The third-order valence-electron chi connectivity index (χ3n) is 6.99. The maximum atomic E-state index is 14.2. The third kappa shape index (κ3) is 6.96. The van der Waals surface area contributed by atoms with Gasteiger partial charge in [0.2, 0.25) is 5.91 Å². The Kier molecular flexibility index (Phi) is 8.58. The van der Waals surface area contributed by atoms with Gasteiger partial charge in [-0.3, -0.25) is 9.59 Å². The summed E-state index contributed by atoms with van der Waals surface area (Å²) in [5.41, 5.74) is 0.679. The summed E-state index contributed by atoms with van der Waals surface area (Å²) >= 11 is 0. The van der Waals surface area contributed by atoms with E-state index in [1.165, 1.54) is 0 Å². The monoisotopic (exact) mass is 529 g/mol. The first-order valence-corrected chi connectivity index (χ1v) is 13.7. The molecule has 1 saturated carbocycles. The topological polar surface area (TPSA) is 87.7 Å². The minimum absolute atomic E-state index is 0.105. The summed E-state index contributed by atoms with van der Waals surface area (Å²) in [5.74, 6) is -0.799. The number of ether oxygens (including phenoxy) is 1. The number of hydrogen-bond acceptors (Lipinski definition) is 4. The second-order valence-electron chi connectivity index (χ2n) is 11.6. The van der Waals surface area contributed by atoms with Gasteiger partial charge in [-0.2, -0.15) is 0 Å². The van der Waals surface area contributed by atoms with Crippen LogP contribution in [0.4, 0.5) is 10.5 Å². The standard InChI is InChI=1S/C32H39N3O4/c1-21(2)27(34-31(38)39-32(3,4)5)30(37)35(26-16-11-17-26)28(23-13-7-6-8-14-23)29(36)33-25-19-18-22-12-9-10-15-24(22)20-25/h6-10,12-15,18-21,26-28H,11,16-17H2,1-5H3,(H,33,36)(H,34,38). The highest BCUT2D eigenvalue weighted by molar-refractivity contribution is 6.00. The molecule has 3 amide bonds. The van der Waals surface area contributed by atoms with Crippen molar-refractivity contribution in [2.75, 3.05) is 5.32 Å². The van der Waals surface area contributed by atoms with E-state index in [-0.39, 0.29) is 23.8 Å². The molecule has 0 spiro atoms. The molecular weight excluding hydrogens is 490 g/mol. The van der Waals surface area contributed by atoms with Gasteiger partial charge in [0.1, 0.15) is 17.7 Å². The fourth-order valence-electron chi connectivity index (χ4n) is 4.84. The maximum Gasteiger partial charge on any atom is 0.408 e. The SMILES string of the molecule is CC(C)C(NC(=O)OC(C)(C)C)C(=O)N(C1CCC1)C(C(=O)Nc1ccc2ccccc2c1)c1ccccc1. The van der Waals surface area contributed by atoms with Gasteiger partial charge in [0.25, 0.3) is 5.91 Å². The van der Waals surface area contributed by atoms with Crippen molar-refractivity contribution in [3.8, 4) is 0 Å². The van der Waals surface area contributed by atoms with Gasteiger partial charge >= 0.3 is 6.09 Å². The molecule has 7 heteroatoms. The molecule has 39 heavy (non-hydrogen) atoms. The summed E-state index contributed by atoms with van der Waals surface area (Å²) in [6.07, 6.45) is 1.93. The Morgan fingerprint density at radius 1 is 0.897 bits per heavy atom. The Morgan fingerprint density at radius 3 is 2.13 bits per heavy atom. The molecule has 0 aromatic heterocycles. The van der Waals surface area contributed by atoms with Crippen LogP contribution >= 0.6 is 0 Å². The average molecular weight is 530 g/mol. The van der Waals surface area contributed by atoms with Crippen molar-refractivity contribution in [2.24, 2.45) is 5.92 Å². The molecule has 1 aliphatic rings. The van der Waals surface area contributed by atoms with Crippen molar-refractivity contribution in [2.45, 2.75) is 77.6 Å². The van der Waals surface area contributed by atoms with Gasteiger partial charge in [0.15, 0.2) is 0 Å². The largest absolute Gasteiger partial charge is 0.444 e. The number of carbonyl (C=O) groups is 3. The molecule has 0 radical (unpaired) electrons. The number of carbonyl (C=O) groups excluding carboxylic acids is 3. The predicted molar refractivity (Wildman–Crippen MR) is 154 cm³/mol. The summed E-state index contributed by atoms with van der Waals surface area (Å²) in [6.45, 7) is 9.10. The van der Waals surface area contributed by atoms with Crippen LogP contribution in [0, 0.1) is 5.92 Å². The van der Waals surface area contributed by atoms with Gasteiger partial charge in [0.05, 0.1) is 0 Å². The van der Waals surface area contributed by atoms with Crippen molar-refractivity contribution >= 4 is 34.4 Å². The van der Waals surface area contributed by atoms with E-state index in [1.807, 2.05) is 86.6 Å². The van der Waals surface area contributed by atoms with Crippen LogP contribution in [0.3, 0.4) is 0 Å². The van der Waals surface area contributed by atoms with E-state index in [0.29, 0.717) is 5.69 Å². The molecule has 0 bridgehead atoms. The van der Waals surface area contributed by atoms with E-state index in [2.05, 4.69) is 10.6 Å². The highest BCUT2D eigenvalue weighted by atomic mass is 16.6. The zero-order chi connectivity index (χ0) is 28.2. The highest BCUT2D eigenvalue weighted by Gasteiger charge is 2.42. The minimum atomic E-state index is -0.864. The number of amides is 3. The lowest BCUT2D eigenvalue weighted by Gasteiger charge is -2.44. The Labute approximate surface area is 230 Å². The fourth-order valence-corrected chi connectivity index (χ4v) is 4.84. The second-order valence-corrected chi connectivity index (χ2v) is 11.6. The Balaban J connectivity index is 1.68. The molecule has 3 aromatic rings. The molecule has 4 rings (SSSR count). The summed E-state index contributed by atoms with van der Waals surface area (Å²) in [5, 5.41) is 7.95. The molecule has 7 nitrogen and oxygen atoms in total. The van der Waals surface area contributed by atoms with Crippen LogP contribution in [0.2, 0.25) is 0 Å². The molecule has 0 saturated heterocycles. The van der Waals surface area contributed by atoms with E-state index in [1.54, 1.807) is 25.7 Å². The van der Waals surface area contributed by atoms with E-state index >= 15 is 0 Å². The van der Waals surface area contributed by atoms with Gasteiger partial charge in [0, 0.05) is 11.7 Å².